The van der Waals surface area contributed by atoms with E-state index in [4.69, 9.17) is 14.2 Å². The Bertz CT molecular complexity index is 1390. The zero-order valence-corrected chi connectivity index (χ0v) is 28.0. The van der Waals surface area contributed by atoms with Crippen LogP contribution in [0.5, 0.6) is 0 Å². The predicted octanol–water partition coefficient (Wildman–Crippen LogP) is -1.18. The van der Waals surface area contributed by atoms with E-state index in [0.717, 1.165) is 6.92 Å². The lowest BCUT2D eigenvalue weighted by Crippen LogP contribution is -2.61. The molecule has 6 atom stereocenters. The first-order chi connectivity index (χ1) is 23.5. The van der Waals surface area contributed by atoms with Crippen LogP contribution in [0.1, 0.15) is 52.5 Å². The van der Waals surface area contributed by atoms with Crippen molar-refractivity contribution in [3.8, 4) is 0 Å². The Morgan fingerprint density at radius 1 is 0.840 bits per heavy atom. The summed E-state index contributed by atoms with van der Waals surface area (Å²) < 4.78 is 14.9. The van der Waals surface area contributed by atoms with Crippen LogP contribution in [0.2, 0.25) is 0 Å². The van der Waals surface area contributed by atoms with Crippen molar-refractivity contribution in [2.45, 2.75) is 90.0 Å². The Morgan fingerprint density at radius 3 is 2.04 bits per heavy atom. The summed E-state index contributed by atoms with van der Waals surface area (Å²) in [4.78, 5) is 99.9. The number of nitrogens with zero attached hydrogens (tertiary/aromatic N) is 1. The van der Waals surface area contributed by atoms with Crippen LogP contribution < -0.4 is 21.4 Å². The normalized spacial score (nSPS) is 17.2. The van der Waals surface area contributed by atoms with Gasteiger partial charge in [0.15, 0.2) is 12.2 Å². The van der Waals surface area contributed by atoms with Gasteiger partial charge in [-0.1, -0.05) is 44.2 Å². The maximum Gasteiger partial charge on any atom is 0.408 e. The Balaban J connectivity index is 2.18. The third-order valence-electron chi connectivity index (χ3n) is 6.93. The minimum absolute atomic E-state index is 0.0188. The third-order valence-corrected chi connectivity index (χ3v) is 6.93. The number of aliphatic carboxylic acids is 2. The van der Waals surface area contributed by atoms with Crippen molar-refractivity contribution in [2.24, 2.45) is 5.92 Å². The average Bonchev–Trinajstić information content (AvgIpc) is 3.84. The zero-order valence-electron chi connectivity index (χ0n) is 28.0. The lowest BCUT2D eigenvalue weighted by molar-refractivity contribution is -0.152. The second kappa shape index (κ2) is 19.6. The van der Waals surface area contributed by atoms with E-state index in [1.54, 1.807) is 44.2 Å². The predicted molar refractivity (Wildman–Crippen MR) is 168 cm³/mol. The number of hydrogen-bond donors (Lipinski definition) is 7. The monoisotopic (exact) mass is 709 g/mol. The van der Waals surface area contributed by atoms with Gasteiger partial charge in [0, 0.05) is 6.42 Å². The fourth-order valence-electron chi connectivity index (χ4n) is 4.45. The van der Waals surface area contributed by atoms with Crippen LogP contribution in [-0.4, -0.2) is 118 Å². The molecule has 1 fully saturated rings. The number of ether oxygens (including phenoxy) is 3. The van der Waals surface area contributed by atoms with E-state index < -0.39 is 103 Å². The van der Waals surface area contributed by atoms with E-state index in [1.807, 2.05) is 5.43 Å². The number of carbonyl (C=O) groups excluding carboxylic acids is 6. The SMILES string of the molecule is CCOC(=O)[C@H]1O[C@@H]1C(=O)N(CC(=O)O)NC(=O)[C@@H](NC(=O)[C@H](CCC(=O)O)NC(=O)[C@H](CC(C)C)NC(=O)OCc1ccccc1)[C@@H](C)O. The average molecular weight is 710 g/mol. The van der Waals surface area contributed by atoms with Crippen molar-refractivity contribution >= 4 is 47.6 Å². The van der Waals surface area contributed by atoms with Crippen LogP contribution in [0, 0.1) is 5.92 Å². The van der Waals surface area contributed by atoms with Gasteiger partial charge in [0.05, 0.1) is 12.7 Å². The number of benzene rings is 1. The number of nitrogens with one attached hydrogen (secondary N) is 4. The summed E-state index contributed by atoms with van der Waals surface area (Å²) in [7, 11) is 0. The summed E-state index contributed by atoms with van der Waals surface area (Å²) >= 11 is 0. The van der Waals surface area contributed by atoms with Crippen molar-refractivity contribution in [3.05, 3.63) is 35.9 Å². The first-order valence-electron chi connectivity index (χ1n) is 15.7. The molecule has 1 saturated heterocycles. The van der Waals surface area contributed by atoms with E-state index in [9.17, 15) is 53.7 Å². The quantitative estimate of drug-likeness (QED) is 0.0506. The van der Waals surface area contributed by atoms with Crippen LogP contribution in [0.3, 0.4) is 0 Å². The lowest BCUT2D eigenvalue weighted by atomic mass is 10.0. The van der Waals surface area contributed by atoms with E-state index in [-0.39, 0.29) is 25.6 Å². The highest BCUT2D eigenvalue weighted by atomic mass is 16.6. The number of epoxide rings is 1. The van der Waals surface area contributed by atoms with Gasteiger partial charge in [-0.3, -0.25) is 34.2 Å². The number of hydrogen-bond acceptors (Lipinski definition) is 12. The van der Waals surface area contributed by atoms with Crippen LogP contribution in [0.15, 0.2) is 30.3 Å². The number of carboxylic acids is 2. The fraction of sp³-hybridized carbons (Fsp3) is 0.548. The van der Waals surface area contributed by atoms with E-state index >= 15 is 0 Å². The molecule has 276 valence electrons. The molecule has 19 nitrogen and oxygen atoms in total. The van der Waals surface area contributed by atoms with E-state index in [1.165, 1.54) is 6.92 Å². The topological polar surface area (TPSA) is 280 Å². The number of rotatable bonds is 19. The smallest absolute Gasteiger partial charge is 0.408 e. The molecule has 1 aromatic carbocycles. The zero-order chi connectivity index (χ0) is 37.5. The molecule has 1 aromatic rings. The van der Waals surface area contributed by atoms with Crippen molar-refractivity contribution in [3.63, 3.8) is 0 Å². The summed E-state index contributed by atoms with van der Waals surface area (Å²) in [6, 6.07) is 4.02. The highest BCUT2D eigenvalue weighted by molar-refractivity contribution is 5.97. The summed E-state index contributed by atoms with van der Waals surface area (Å²) in [5.41, 5.74) is 2.66. The molecular weight excluding hydrogens is 666 g/mol. The third kappa shape index (κ3) is 13.7. The number of aliphatic hydroxyl groups excluding tert-OH is 1. The number of carbonyl (C=O) groups is 8. The van der Waals surface area contributed by atoms with E-state index in [2.05, 4.69) is 16.0 Å². The number of aliphatic hydroxyl groups is 1. The molecule has 0 unspecified atom stereocenters. The van der Waals surface area contributed by atoms with Gasteiger partial charge < -0.3 is 45.5 Å². The highest BCUT2D eigenvalue weighted by Gasteiger charge is 2.53. The van der Waals surface area contributed by atoms with Gasteiger partial charge in [0.25, 0.3) is 11.8 Å². The summed E-state index contributed by atoms with van der Waals surface area (Å²) in [6.45, 7) is 4.92. The molecule has 19 heteroatoms. The van der Waals surface area contributed by atoms with Gasteiger partial charge in [0.2, 0.25) is 11.8 Å². The Morgan fingerprint density at radius 2 is 1.48 bits per heavy atom. The molecule has 0 radical (unpaired) electrons. The molecule has 5 amide bonds. The first-order valence-corrected chi connectivity index (χ1v) is 15.7. The second-order valence-corrected chi connectivity index (χ2v) is 11.6. The molecule has 0 bridgehead atoms. The minimum atomic E-state index is -1.87. The van der Waals surface area contributed by atoms with Crippen molar-refractivity contribution in [1.82, 2.24) is 26.4 Å². The lowest BCUT2D eigenvalue weighted by Gasteiger charge is -2.28. The first kappa shape index (κ1) is 40.9. The molecule has 7 N–H and O–H groups in total. The summed E-state index contributed by atoms with van der Waals surface area (Å²) in [5, 5.41) is 36.2. The number of hydrazine groups is 1. The van der Waals surface area contributed by atoms with Crippen LogP contribution in [0.4, 0.5) is 4.79 Å². The van der Waals surface area contributed by atoms with Gasteiger partial charge in [-0.2, -0.15) is 0 Å². The molecule has 1 aliphatic heterocycles. The molecule has 1 aliphatic rings. The Labute approximate surface area is 286 Å². The molecule has 0 aromatic heterocycles. The van der Waals surface area contributed by atoms with Crippen molar-refractivity contribution in [2.75, 3.05) is 13.2 Å². The standard InChI is InChI=1S/C31H43N5O14/c1-5-48-30(46)25-24(50-25)29(45)36(14-22(40)41)35-28(44)23(17(4)37)34-26(42)19(11-12-21(38)39)32-27(43)20(13-16(2)3)33-31(47)49-15-18-9-7-6-8-10-18/h6-10,16-17,19-20,23-25,37H,5,11-15H2,1-4H3,(H,32,43)(H,33,47)(H,34,42)(H,35,44)(H,38,39)(H,40,41)/t17-,19+,20+,23+,24+,25+/m1/s1. The van der Waals surface area contributed by atoms with Crippen molar-refractivity contribution in [1.29, 1.82) is 0 Å². The molecule has 0 spiro atoms. The van der Waals surface area contributed by atoms with Crippen LogP contribution in [-0.2, 0) is 54.4 Å². The van der Waals surface area contributed by atoms with Crippen molar-refractivity contribution < 1.29 is 67.9 Å². The second-order valence-electron chi connectivity index (χ2n) is 11.6. The number of amides is 5. The molecule has 0 saturated carbocycles. The number of carboxylic acid groups (broad SMARTS) is 2. The Hall–Kier alpha value is -5.30. The van der Waals surface area contributed by atoms with E-state index in [0.29, 0.717) is 10.6 Å². The minimum Gasteiger partial charge on any atom is -0.481 e. The summed E-state index contributed by atoms with van der Waals surface area (Å²) in [5.74, 6) is -8.33. The van der Waals surface area contributed by atoms with Gasteiger partial charge in [-0.05, 0) is 38.2 Å². The molecule has 1 heterocycles. The fourth-order valence-corrected chi connectivity index (χ4v) is 4.45. The van der Waals surface area contributed by atoms with Gasteiger partial charge in [-0.25, -0.2) is 14.6 Å². The van der Waals surface area contributed by atoms with Crippen LogP contribution in [0.25, 0.3) is 0 Å². The van der Waals surface area contributed by atoms with Gasteiger partial charge in [-0.15, -0.1) is 0 Å². The number of alkyl carbamates (subject to hydrolysis) is 1. The largest absolute Gasteiger partial charge is 0.481 e. The van der Waals surface area contributed by atoms with Gasteiger partial charge in [0.1, 0.15) is 31.3 Å². The number of esters is 1. The summed E-state index contributed by atoms with van der Waals surface area (Å²) in [6.07, 6.45) is -6.41. The van der Waals surface area contributed by atoms with Crippen LogP contribution >= 0.6 is 0 Å². The van der Waals surface area contributed by atoms with Gasteiger partial charge >= 0.3 is 24.0 Å². The maximum absolute atomic E-state index is 13.4. The Kier molecular flexibility index (Phi) is 16.1. The molecule has 0 aliphatic carbocycles. The molecule has 50 heavy (non-hydrogen) atoms. The maximum atomic E-state index is 13.4. The molecular formula is C31H43N5O14. The molecule has 2 rings (SSSR count). The highest BCUT2D eigenvalue weighted by Crippen LogP contribution is 2.25.